The van der Waals surface area contributed by atoms with Crippen molar-refractivity contribution in [2.45, 2.75) is 83.8 Å². The van der Waals surface area contributed by atoms with Crippen molar-refractivity contribution in [2.75, 3.05) is 13.1 Å². The molecule has 2 heteroatoms. The summed E-state index contributed by atoms with van der Waals surface area (Å²) in [6, 6.07) is 2.24. The quantitative estimate of drug-likeness (QED) is 0.844. The lowest BCUT2D eigenvalue weighted by Gasteiger charge is -2.32. The average Bonchev–Trinajstić information content (AvgIpc) is 2.97. The van der Waals surface area contributed by atoms with Gasteiger partial charge in [-0.25, -0.2) is 0 Å². The fraction of sp³-hybridized carbons (Fsp3) is 1.00. The Balaban J connectivity index is 1.48. The summed E-state index contributed by atoms with van der Waals surface area (Å²) in [6.45, 7) is 9.74. The van der Waals surface area contributed by atoms with Gasteiger partial charge in [0.15, 0.2) is 0 Å². The van der Waals surface area contributed by atoms with Crippen LogP contribution in [0.4, 0.5) is 0 Å². The van der Waals surface area contributed by atoms with E-state index in [0.717, 1.165) is 35.9 Å². The molecule has 0 aromatic rings. The van der Waals surface area contributed by atoms with E-state index in [2.05, 4.69) is 31.0 Å². The molecule has 3 fully saturated rings. The van der Waals surface area contributed by atoms with E-state index in [0.29, 0.717) is 0 Å². The fourth-order valence-electron chi connectivity index (χ4n) is 5.20. The van der Waals surface area contributed by atoms with Crippen LogP contribution in [0.2, 0.25) is 0 Å². The fourth-order valence-corrected chi connectivity index (χ4v) is 5.20. The maximum atomic E-state index is 4.02. The zero-order valence-corrected chi connectivity index (χ0v) is 13.8. The number of likely N-dealkylation sites (tertiary alicyclic amines) is 1. The number of rotatable bonds is 4. The van der Waals surface area contributed by atoms with Crippen molar-refractivity contribution < 1.29 is 0 Å². The number of nitrogens with zero attached hydrogens (tertiary/aromatic N) is 1. The molecule has 0 radical (unpaired) electrons. The smallest absolute Gasteiger partial charge is 0.00823 e. The first-order valence-electron chi connectivity index (χ1n) is 9.13. The minimum absolute atomic E-state index is 0.719. The van der Waals surface area contributed by atoms with Crippen LogP contribution in [-0.2, 0) is 0 Å². The predicted octanol–water partition coefficient (Wildman–Crippen LogP) is 3.66. The third-order valence-electron chi connectivity index (χ3n) is 6.43. The van der Waals surface area contributed by atoms with Crippen LogP contribution in [0, 0.1) is 17.8 Å². The highest BCUT2D eigenvalue weighted by Crippen LogP contribution is 2.49. The van der Waals surface area contributed by atoms with E-state index in [1.54, 1.807) is 6.42 Å². The zero-order chi connectivity index (χ0) is 14.1. The van der Waals surface area contributed by atoms with Crippen LogP contribution >= 0.6 is 0 Å². The Hall–Kier alpha value is -0.0800. The van der Waals surface area contributed by atoms with E-state index in [4.69, 9.17) is 0 Å². The van der Waals surface area contributed by atoms with Gasteiger partial charge in [0.25, 0.3) is 0 Å². The number of fused-ring (bicyclic) bond motifs is 2. The second kappa shape index (κ2) is 6.36. The summed E-state index contributed by atoms with van der Waals surface area (Å²) >= 11 is 0. The molecule has 0 aromatic heterocycles. The second-order valence-corrected chi connectivity index (χ2v) is 8.05. The minimum atomic E-state index is 0.719. The molecule has 2 saturated carbocycles. The molecule has 0 aromatic carbocycles. The third kappa shape index (κ3) is 3.22. The van der Waals surface area contributed by atoms with Gasteiger partial charge in [0.2, 0.25) is 0 Å². The van der Waals surface area contributed by atoms with E-state index >= 15 is 0 Å². The van der Waals surface area contributed by atoms with Gasteiger partial charge in [-0.3, -0.25) is 0 Å². The molecule has 1 saturated heterocycles. The highest BCUT2D eigenvalue weighted by molar-refractivity contribution is 4.95. The third-order valence-corrected chi connectivity index (χ3v) is 6.43. The summed E-state index contributed by atoms with van der Waals surface area (Å²) in [5.74, 6) is 3.12. The Morgan fingerprint density at radius 1 is 0.950 bits per heavy atom. The van der Waals surface area contributed by atoms with Gasteiger partial charge in [-0.15, -0.1) is 0 Å². The van der Waals surface area contributed by atoms with Crippen molar-refractivity contribution >= 4 is 0 Å². The number of nitrogens with one attached hydrogen (secondary N) is 1. The van der Waals surface area contributed by atoms with Crippen molar-refractivity contribution in [3.05, 3.63) is 0 Å². The van der Waals surface area contributed by atoms with Gasteiger partial charge in [0, 0.05) is 18.1 Å². The van der Waals surface area contributed by atoms with E-state index in [1.807, 2.05) is 0 Å². The van der Waals surface area contributed by atoms with Crippen LogP contribution in [0.15, 0.2) is 0 Å². The summed E-state index contributed by atoms with van der Waals surface area (Å²) in [5, 5.41) is 4.02. The van der Waals surface area contributed by atoms with Crippen LogP contribution in [-0.4, -0.2) is 36.1 Å². The Bertz CT molecular complexity index is 315. The van der Waals surface area contributed by atoms with Crippen LogP contribution < -0.4 is 5.32 Å². The lowest BCUT2D eigenvalue weighted by atomic mass is 9.83. The molecule has 5 unspecified atom stereocenters. The van der Waals surface area contributed by atoms with Crippen molar-refractivity contribution in [1.82, 2.24) is 10.2 Å². The summed E-state index contributed by atoms with van der Waals surface area (Å²) in [4.78, 5) is 2.66. The van der Waals surface area contributed by atoms with Crippen LogP contribution in [0.25, 0.3) is 0 Å². The highest BCUT2D eigenvalue weighted by Gasteiger charge is 2.42. The van der Waals surface area contributed by atoms with Gasteiger partial charge in [0.1, 0.15) is 0 Å². The average molecular weight is 278 g/mol. The molecule has 3 aliphatic rings. The van der Waals surface area contributed by atoms with E-state index in [-0.39, 0.29) is 0 Å². The summed E-state index contributed by atoms with van der Waals surface area (Å²) in [6.07, 6.45) is 10.2. The summed E-state index contributed by atoms with van der Waals surface area (Å²) < 4.78 is 0. The van der Waals surface area contributed by atoms with E-state index in [1.165, 1.54) is 51.6 Å². The van der Waals surface area contributed by atoms with Gasteiger partial charge in [-0.1, -0.05) is 6.42 Å². The second-order valence-electron chi connectivity index (χ2n) is 8.05. The maximum Gasteiger partial charge on any atom is 0.00823 e. The van der Waals surface area contributed by atoms with Crippen LogP contribution in [0.3, 0.4) is 0 Å². The predicted molar refractivity (Wildman–Crippen MR) is 85.9 cm³/mol. The molecular formula is C18H34N2. The standard InChI is InChI=1S/C18H34N2/c1-13(2)20-9-4-5-17(8-10-20)19-14(3)18-12-15-6-7-16(18)11-15/h13-19H,4-12H2,1-3H3. The molecule has 20 heavy (non-hydrogen) atoms. The summed E-state index contributed by atoms with van der Waals surface area (Å²) in [5.41, 5.74) is 0. The topological polar surface area (TPSA) is 15.3 Å². The lowest BCUT2D eigenvalue weighted by molar-refractivity contribution is 0.220. The van der Waals surface area contributed by atoms with Crippen molar-refractivity contribution in [1.29, 1.82) is 0 Å². The molecule has 1 N–H and O–H groups in total. The lowest BCUT2D eigenvalue weighted by Crippen LogP contribution is -2.43. The molecule has 0 amide bonds. The van der Waals surface area contributed by atoms with E-state index in [9.17, 15) is 0 Å². The van der Waals surface area contributed by atoms with Crippen LogP contribution in [0.1, 0.15) is 65.7 Å². The maximum absolute atomic E-state index is 4.02. The minimum Gasteiger partial charge on any atom is -0.311 e. The zero-order valence-electron chi connectivity index (χ0n) is 13.8. The van der Waals surface area contributed by atoms with Gasteiger partial charge in [-0.05, 0) is 90.1 Å². The molecule has 2 nitrogen and oxygen atoms in total. The SMILES string of the molecule is CC(NC1CCCN(C(C)C)CC1)C1CC2CCC1C2. The first-order valence-corrected chi connectivity index (χ1v) is 9.13. The normalized spacial score (nSPS) is 40.2. The van der Waals surface area contributed by atoms with Gasteiger partial charge >= 0.3 is 0 Å². The molecule has 0 spiro atoms. The Morgan fingerprint density at radius 2 is 1.80 bits per heavy atom. The van der Waals surface area contributed by atoms with Crippen molar-refractivity contribution in [3.63, 3.8) is 0 Å². The molecule has 3 rings (SSSR count). The highest BCUT2D eigenvalue weighted by atomic mass is 15.2. The summed E-state index contributed by atoms with van der Waals surface area (Å²) in [7, 11) is 0. The Morgan fingerprint density at radius 3 is 2.45 bits per heavy atom. The molecular weight excluding hydrogens is 244 g/mol. The first-order chi connectivity index (χ1) is 9.63. The van der Waals surface area contributed by atoms with Crippen LogP contribution in [0.5, 0.6) is 0 Å². The van der Waals surface area contributed by atoms with Gasteiger partial charge in [-0.2, -0.15) is 0 Å². The first kappa shape index (κ1) is 14.8. The monoisotopic (exact) mass is 278 g/mol. The number of hydrogen-bond acceptors (Lipinski definition) is 2. The molecule has 5 atom stereocenters. The Kier molecular flexibility index (Phi) is 4.72. The van der Waals surface area contributed by atoms with Gasteiger partial charge < -0.3 is 10.2 Å². The Labute approximate surface area is 125 Å². The molecule has 1 aliphatic heterocycles. The van der Waals surface area contributed by atoms with Crippen molar-refractivity contribution in [3.8, 4) is 0 Å². The molecule has 116 valence electrons. The molecule has 2 bridgehead atoms. The van der Waals surface area contributed by atoms with Gasteiger partial charge in [0.05, 0.1) is 0 Å². The molecule has 1 heterocycles. The van der Waals surface area contributed by atoms with E-state index < -0.39 is 0 Å². The number of hydrogen-bond donors (Lipinski definition) is 1. The largest absolute Gasteiger partial charge is 0.311 e. The molecule has 2 aliphatic carbocycles. The van der Waals surface area contributed by atoms with Crippen molar-refractivity contribution in [2.24, 2.45) is 17.8 Å².